The lowest BCUT2D eigenvalue weighted by atomic mass is 9.81. The van der Waals surface area contributed by atoms with E-state index in [0.717, 1.165) is 11.1 Å². The van der Waals surface area contributed by atoms with Gasteiger partial charge < -0.3 is 14.4 Å². The smallest absolute Gasteiger partial charge is 0.347 e. The molecular weight excluding hydrogens is 342 g/mol. The minimum Gasteiger partial charge on any atom is -0.465 e. The highest BCUT2D eigenvalue weighted by Crippen LogP contribution is 2.36. The van der Waals surface area contributed by atoms with Crippen LogP contribution in [-0.2, 0) is 19.1 Å². The summed E-state index contributed by atoms with van der Waals surface area (Å²) in [7, 11) is 2.52. The van der Waals surface area contributed by atoms with Crippen molar-refractivity contribution in [2.45, 2.75) is 34.6 Å². The first-order valence-electron chi connectivity index (χ1n) is 9.14. The molecular formula is C22H31NO4. The Morgan fingerprint density at radius 3 is 1.81 bits per heavy atom. The number of esters is 2. The van der Waals surface area contributed by atoms with Crippen LogP contribution in [-0.4, -0.2) is 44.1 Å². The van der Waals surface area contributed by atoms with E-state index in [-0.39, 0.29) is 11.0 Å². The van der Waals surface area contributed by atoms with Crippen molar-refractivity contribution < 1.29 is 19.1 Å². The zero-order valence-corrected chi connectivity index (χ0v) is 17.5. The van der Waals surface area contributed by atoms with Crippen LogP contribution in [0.25, 0.3) is 5.57 Å². The van der Waals surface area contributed by atoms with Crippen LogP contribution in [0.3, 0.4) is 0 Å². The minimum atomic E-state index is -0.707. The molecule has 0 heterocycles. The molecule has 0 aromatic heterocycles. The van der Waals surface area contributed by atoms with Gasteiger partial charge in [0.15, 0.2) is 5.57 Å². The second-order valence-electron chi connectivity index (χ2n) is 7.09. The molecule has 1 aromatic rings. The van der Waals surface area contributed by atoms with Gasteiger partial charge in [-0.2, -0.15) is 0 Å². The van der Waals surface area contributed by atoms with Gasteiger partial charge in [-0.05, 0) is 36.5 Å². The van der Waals surface area contributed by atoms with E-state index in [1.807, 2.05) is 55.2 Å². The summed E-state index contributed by atoms with van der Waals surface area (Å²) < 4.78 is 9.75. The molecule has 0 spiro atoms. The Morgan fingerprint density at radius 1 is 0.963 bits per heavy atom. The van der Waals surface area contributed by atoms with Gasteiger partial charge >= 0.3 is 11.9 Å². The van der Waals surface area contributed by atoms with Crippen molar-refractivity contribution in [2.75, 3.05) is 27.3 Å². The van der Waals surface area contributed by atoms with Crippen molar-refractivity contribution in [3.05, 3.63) is 53.2 Å². The van der Waals surface area contributed by atoms with Crippen LogP contribution in [0.5, 0.6) is 0 Å². The van der Waals surface area contributed by atoms with E-state index in [4.69, 9.17) is 9.47 Å². The van der Waals surface area contributed by atoms with E-state index >= 15 is 0 Å². The molecule has 5 heteroatoms. The fourth-order valence-electron chi connectivity index (χ4n) is 2.87. The summed E-state index contributed by atoms with van der Waals surface area (Å²) >= 11 is 0. The molecule has 0 atom stereocenters. The Morgan fingerprint density at radius 2 is 1.44 bits per heavy atom. The summed E-state index contributed by atoms with van der Waals surface area (Å²) in [5.74, 6) is -1.41. The average molecular weight is 373 g/mol. The van der Waals surface area contributed by atoms with Gasteiger partial charge in [0.05, 0.1) is 19.9 Å². The second-order valence-corrected chi connectivity index (χ2v) is 7.09. The fraction of sp³-hybridized carbons (Fsp3) is 0.455. The maximum absolute atomic E-state index is 12.4. The van der Waals surface area contributed by atoms with Crippen LogP contribution in [0.4, 0.5) is 0 Å². The van der Waals surface area contributed by atoms with Gasteiger partial charge in [-0.25, -0.2) is 9.59 Å². The third kappa shape index (κ3) is 5.71. The van der Waals surface area contributed by atoms with Crippen molar-refractivity contribution in [2.24, 2.45) is 5.41 Å². The highest BCUT2D eigenvalue weighted by Gasteiger charge is 2.28. The predicted octanol–water partition coefficient (Wildman–Crippen LogP) is 4.06. The zero-order chi connectivity index (χ0) is 20.6. The zero-order valence-electron chi connectivity index (χ0n) is 17.5. The number of hydrogen-bond donors (Lipinski definition) is 0. The van der Waals surface area contributed by atoms with E-state index in [2.05, 4.69) is 20.8 Å². The number of likely N-dealkylation sites (N-methyl/N-ethyl adjacent to an activating group) is 1. The van der Waals surface area contributed by atoms with Crippen LogP contribution >= 0.6 is 0 Å². The summed E-state index contributed by atoms with van der Waals surface area (Å²) in [6.07, 6.45) is 1.91. The van der Waals surface area contributed by atoms with Crippen LogP contribution in [0.2, 0.25) is 0 Å². The summed E-state index contributed by atoms with van der Waals surface area (Å²) in [5, 5.41) is 0. The maximum Gasteiger partial charge on any atom is 0.347 e. The first-order chi connectivity index (χ1) is 12.7. The molecule has 0 amide bonds. The largest absolute Gasteiger partial charge is 0.465 e. The fourth-order valence-corrected chi connectivity index (χ4v) is 2.87. The summed E-state index contributed by atoms with van der Waals surface area (Å²) in [4.78, 5) is 26.8. The van der Waals surface area contributed by atoms with Gasteiger partial charge in [0, 0.05) is 13.1 Å². The molecule has 0 aliphatic rings. The van der Waals surface area contributed by atoms with Crippen molar-refractivity contribution in [1.82, 2.24) is 4.90 Å². The van der Waals surface area contributed by atoms with Gasteiger partial charge in [0.1, 0.15) is 0 Å². The number of benzene rings is 1. The Balaban J connectivity index is 3.85. The molecule has 0 aliphatic heterocycles. The SMILES string of the molecule is CCN(CC)C(/C=C(/c1ccccc1)C(C)(C)C)=C(C(=O)OC)C(=O)OC. The number of ether oxygens (including phenoxy) is 2. The number of carbonyl (C=O) groups is 2. The molecule has 0 N–H and O–H groups in total. The highest BCUT2D eigenvalue weighted by molar-refractivity contribution is 6.15. The van der Waals surface area contributed by atoms with Gasteiger partial charge in [-0.15, -0.1) is 0 Å². The number of allylic oxidation sites excluding steroid dienone is 2. The van der Waals surface area contributed by atoms with Crippen molar-refractivity contribution in [3.8, 4) is 0 Å². The molecule has 0 bridgehead atoms. The molecule has 5 nitrogen and oxygen atoms in total. The Hall–Kier alpha value is -2.56. The number of methoxy groups -OCH3 is 2. The number of nitrogens with zero attached hydrogens (tertiary/aromatic N) is 1. The number of rotatable bonds is 7. The molecule has 27 heavy (non-hydrogen) atoms. The lowest BCUT2D eigenvalue weighted by Gasteiger charge is -2.29. The molecule has 0 aliphatic carbocycles. The van der Waals surface area contributed by atoms with Gasteiger partial charge in [-0.3, -0.25) is 0 Å². The third-order valence-electron chi connectivity index (χ3n) is 4.31. The normalized spacial score (nSPS) is 11.6. The average Bonchev–Trinajstić information content (AvgIpc) is 2.65. The number of carbonyl (C=O) groups excluding carboxylic acids is 2. The second kappa shape index (κ2) is 9.95. The highest BCUT2D eigenvalue weighted by atomic mass is 16.5. The number of hydrogen-bond acceptors (Lipinski definition) is 5. The quantitative estimate of drug-likeness (QED) is 0.237. The Kier molecular flexibility index (Phi) is 8.29. The maximum atomic E-state index is 12.4. The van der Waals surface area contributed by atoms with E-state index < -0.39 is 11.9 Å². The van der Waals surface area contributed by atoms with E-state index in [0.29, 0.717) is 18.8 Å². The minimum absolute atomic E-state index is 0.0959. The standard InChI is InChI=1S/C22H31NO4/c1-8-23(9-2)18(19(20(24)26-6)21(25)27-7)15-17(22(3,4)5)16-13-11-10-12-14-16/h10-15H,8-9H2,1-7H3/b17-15-. The van der Waals surface area contributed by atoms with Crippen LogP contribution in [0.1, 0.15) is 40.2 Å². The predicted molar refractivity (Wildman–Crippen MR) is 108 cm³/mol. The van der Waals surface area contributed by atoms with Crippen LogP contribution < -0.4 is 0 Å². The third-order valence-corrected chi connectivity index (χ3v) is 4.31. The summed E-state index contributed by atoms with van der Waals surface area (Å²) in [6, 6.07) is 9.94. The Labute approximate surface area is 162 Å². The molecule has 1 aromatic carbocycles. The summed E-state index contributed by atoms with van der Waals surface area (Å²) in [6.45, 7) is 11.5. The van der Waals surface area contributed by atoms with Gasteiger partial charge in [-0.1, -0.05) is 51.1 Å². The van der Waals surface area contributed by atoms with Crippen molar-refractivity contribution in [1.29, 1.82) is 0 Å². The molecule has 0 fully saturated rings. The lowest BCUT2D eigenvalue weighted by molar-refractivity contribution is -0.144. The van der Waals surface area contributed by atoms with E-state index in [1.54, 1.807) is 0 Å². The Bertz CT molecular complexity index is 690. The van der Waals surface area contributed by atoms with Crippen LogP contribution in [0, 0.1) is 5.41 Å². The molecule has 0 saturated heterocycles. The van der Waals surface area contributed by atoms with Crippen molar-refractivity contribution in [3.63, 3.8) is 0 Å². The molecule has 148 valence electrons. The topological polar surface area (TPSA) is 55.8 Å². The molecule has 0 radical (unpaired) electrons. The van der Waals surface area contributed by atoms with Crippen molar-refractivity contribution >= 4 is 17.5 Å². The summed E-state index contributed by atoms with van der Waals surface area (Å²) in [5.41, 5.74) is 2.24. The molecule has 0 unspecified atom stereocenters. The first-order valence-corrected chi connectivity index (χ1v) is 9.14. The van der Waals surface area contributed by atoms with Gasteiger partial charge in [0.25, 0.3) is 0 Å². The molecule has 0 saturated carbocycles. The monoisotopic (exact) mass is 373 g/mol. The van der Waals surface area contributed by atoms with E-state index in [9.17, 15) is 9.59 Å². The first kappa shape index (κ1) is 22.5. The lowest BCUT2D eigenvalue weighted by Crippen LogP contribution is -2.29. The molecule has 1 rings (SSSR count). The van der Waals surface area contributed by atoms with Gasteiger partial charge in [0.2, 0.25) is 0 Å². The van der Waals surface area contributed by atoms with E-state index in [1.165, 1.54) is 14.2 Å². The van der Waals surface area contributed by atoms with Crippen LogP contribution in [0.15, 0.2) is 47.7 Å².